The van der Waals surface area contributed by atoms with Gasteiger partial charge in [-0.1, -0.05) is 12.1 Å². The summed E-state index contributed by atoms with van der Waals surface area (Å²) < 4.78 is 0. The minimum atomic E-state index is 0.0448. The molecule has 1 unspecified atom stereocenters. The van der Waals surface area contributed by atoms with Gasteiger partial charge in [-0.15, -0.1) is 22.7 Å². The van der Waals surface area contributed by atoms with Crippen LogP contribution in [0.3, 0.4) is 0 Å². The maximum Gasteiger partial charge on any atom is 0.219 e. The molecule has 0 fully saturated rings. The van der Waals surface area contributed by atoms with Crippen molar-refractivity contribution in [2.24, 2.45) is 5.10 Å². The van der Waals surface area contributed by atoms with E-state index in [1.54, 1.807) is 11.3 Å². The number of carbonyl (C=O) groups excluding carboxylic acids is 1. The predicted octanol–water partition coefficient (Wildman–Crippen LogP) is 2.74. The summed E-state index contributed by atoms with van der Waals surface area (Å²) in [6, 6.07) is 7.80. The zero-order chi connectivity index (χ0) is 11.7. The summed E-state index contributed by atoms with van der Waals surface area (Å²) in [7, 11) is 0. The maximum atomic E-state index is 12.3. The molecule has 0 spiro atoms. The minimum Gasteiger partial charge on any atom is -0.309 e. The van der Waals surface area contributed by atoms with Crippen LogP contribution in [0.25, 0.3) is 0 Å². The summed E-state index contributed by atoms with van der Waals surface area (Å²) >= 11 is 3.13. The maximum absolute atomic E-state index is 12.3. The smallest absolute Gasteiger partial charge is 0.219 e. The van der Waals surface area contributed by atoms with E-state index >= 15 is 0 Å². The third kappa shape index (κ3) is 1.92. The molecule has 2 aromatic rings. The molecule has 0 radical (unpaired) electrons. The SMILES string of the molecule is O=C(C1=NNCC1c1cccs1)c1cccs1. The summed E-state index contributed by atoms with van der Waals surface area (Å²) in [5.74, 6) is 0.146. The fourth-order valence-corrected chi connectivity index (χ4v) is 3.37. The second kappa shape index (κ2) is 4.43. The van der Waals surface area contributed by atoms with Gasteiger partial charge >= 0.3 is 0 Å². The first-order chi connectivity index (χ1) is 8.36. The summed E-state index contributed by atoms with van der Waals surface area (Å²) in [6.45, 7) is 0.715. The van der Waals surface area contributed by atoms with Crippen molar-refractivity contribution in [3.63, 3.8) is 0 Å². The third-order valence-electron chi connectivity index (χ3n) is 2.69. The number of nitrogens with zero attached hydrogens (tertiary/aromatic N) is 1. The van der Waals surface area contributed by atoms with Crippen LogP contribution in [0.4, 0.5) is 0 Å². The molecule has 3 rings (SSSR count). The fraction of sp³-hybridized carbons (Fsp3) is 0.167. The van der Waals surface area contributed by atoms with Gasteiger partial charge in [-0.25, -0.2) is 0 Å². The highest BCUT2D eigenvalue weighted by molar-refractivity contribution is 7.13. The number of nitrogens with one attached hydrogen (secondary N) is 1. The van der Waals surface area contributed by atoms with Crippen molar-refractivity contribution < 1.29 is 4.79 Å². The fourth-order valence-electron chi connectivity index (χ4n) is 1.86. The normalized spacial score (nSPS) is 18.8. The van der Waals surface area contributed by atoms with E-state index in [0.29, 0.717) is 12.3 Å². The quantitative estimate of drug-likeness (QED) is 0.864. The van der Waals surface area contributed by atoms with Crippen LogP contribution < -0.4 is 5.43 Å². The second-order valence-corrected chi connectivity index (χ2v) is 5.66. The Bertz CT molecular complexity index is 543. The van der Waals surface area contributed by atoms with Crippen molar-refractivity contribution in [2.45, 2.75) is 5.92 Å². The molecule has 3 nitrogen and oxygen atoms in total. The van der Waals surface area contributed by atoms with Crippen molar-refractivity contribution in [1.82, 2.24) is 5.43 Å². The average molecular weight is 262 g/mol. The zero-order valence-electron chi connectivity index (χ0n) is 8.92. The van der Waals surface area contributed by atoms with Crippen molar-refractivity contribution in [3.05, 3.63) is 44.8 Å². The van der Waals surface area contributed by atoms with E-state index in [-0.39, 0.29) is 11.7 Å². The highest BCUT2D eigenvalue weighted by Gasteiger charge is 2.30. The minimum absolute atomic E-state index is 0.0448. The van der Waals surface area contributed by atoms with Gasteiger partial charge in [0, 0.05) is 11.4 Å². The van der Waals surface area contributed by atoms with E-state index < -0.39 is 0 Å². The highest BCUT2D eigenvalue weighted by Crippen LogP contribution is 2.27. The zero-order valence-corrected chi connectivity index (χ0v) is 10.6. The first-order valence-electron chi connectivity index (χ1n) is 5.28. The molecule has 1 atom stereocenters. The molecule has 1 aliphatic heterocycles. The van der Waals surface area contributed by atoms with Gasteiger partial charge in [0.1, 0.15) is 5.71 Å². The Balaban J connectivity index is 1.90. The Kier molecular flexibility index (Phi) is 2.78. The van der Waals surface area contributed by atoms with Crippen molar-refractivity contribution in [3.8, 4) is 0 Å². The molecular weight excluding hydrogens is 252 g/mol. The Labute approximate surface area is 107 Å². The van der Waals surface area contributed by atoms with Gasteiger partial charge in [0.2, 0.25) is 5.78 Å². The van der Waals surface area contributed by atoms with Gasteiger partial charge in [0.25, 0.3) is 0 Å². The Morgan fingerprint density at radius 2 is 2.12 bits per heavy atom. The molecule has 0 saturated carbocycles. The lowest BCUT2D eigenvalue weighted by atomic mass is 9.98. The van der Waals surface area contributed by atoms with Crippen LogP contribution in [0, 0.1) is 0 Å². The second-order valence-electron chi connectivity index (χ2n) is 3.73. The van der Waals surface area contributed by atoms with E-state index in [9.17, 15) is 4.79 Å². The molecule has 0 saturated heterocycles. The van der Waals surface area contributed by atoms with E-state index in [1.807, 2.05) is 29.0 Å². The first kappa shape index (κ1) is 10.7. The lowest BCUT2D eigenvalue weighted by Crippen LogP contribution is -2.20. The molecule has 3 heterocycles. The van der Waals surface area contributed by atoms with Crippen LogP contribution in [0.2, 0.25) is 0 Å². The monoisotopic (exact) mass is 262 g/mol. The molecule has 0 aliphatic carbocycles. The van der Waals surface area contributed by atoms with Crippen LogP contribution >= 0.6 is 22.7 Å². The van der Waals surface area contributed by atoms with Crippen LogP contribution in [0.1, 0.15) is 20.5 Å². The number of hydrogen-bond donors (Lipinski definition) is 1. The molecule has 0 aromatic carbocycles. The third-order valence-corrected chi connectivity index (χ3v) is 4.54. The summed E-state index contributed by atoms with van der Waals surface area (Å²) in [5.41, 5.74) is 3.57. The number of rotatable bonds is 3. The van der Waals surface area contributed by atoms with Crippen molar-refractivity contribution in [1.29, 1.82) is 0 Å². The largest absolute Gasteiger partial charge is 0.309 e. The molecule has 1 N–H and O–H groups in total. The number of thiophene rings is 2. The van der Waals surface area contributed by atoms with Gasteiger partial charge in [-0.05, 0) is 22.9 Å². The van der Waals surface area contributed by atoms with Gasteiger partial charge in [-0.2, -0.15) is 5.10 Å². The van der Waals surface area contributed by atoms with Gasteiger partial charge < -0.3 is 5.43 Å². The van der Waals surface area contributed by atoms with E-state index in [4.69, 9.17) is 0 Å². The lowest BCUT2D eigenvalue weighted by Gasteiger charge is -2.07. The number of ketones is 1. The molecule has 86 valence electrons. The number of hydrazone groups is 1. The summed E-state index contributed by atoms with van der Waals surface area (Å²) in [6.07, 6.45) is 0. The number of carbonyl (C=O) groups is 1. The molecule has 2 aromatic heterocycles. The highest BCUT2D eigenvalue weighted by atomic mass is 32.1. The molecule has 17 heavy (non-hydrogen) atoms. The first-order valence-corrected chi connectivity index (χ1v) is 7.04. The van der Waals surface area contributed by atoms with Crippen LogP contribution in [0.5, 0.6) is 0 Å². The number of Topliss-reactive ketones (excluding diaryl/α,β-unsaturated/α-hetero) is 1. The average Bonchev–Trinajstić information content (AvgIpc) is 3.09. The van der Waals surface area contributed by atoms with E-state index in [0.717, 1.165) is 4.88 Å². The van der Waals surface area contributed by atoms with Crippen molar-refractivity contribution in [2.75, 3.05) is 6.54 Å². The van der Waals surface area contributed by atoms with Gasteiger partial charge in [0.15, 0.2) is 0 Å². The van der Waals surface area contributed by atoms with Gasteiger partial charge in [0.05, 0.1) is 10.8 Å². The van der Waals surface area contributed by atoms with Crippen LogP contribution in [-0.2, 0) is 0 Å². The van der Waals surface area contributed by atoms with Crippen molar-refractivity contribution >= 4 is 34.2 Å². The summed E-state index contributed by atoms with van der Waals surface area (Å²) in [4.78, 5) is 14.2. The predicted molar refractivity (Wildman–Crippen MR) is 71.1 cm³/mol. The van der Waals surface area contributed by atoms with Crippen LogP contribution in [-0.4, -0.2) is 18.0 Å². The molecule has 0 amide bonds. The van der Waals surface area contributed by atoms with E-state index in [2.05, 4.69) is 16.6 Å². The summed E-state index contributed by atoms with van der Waals surface area (Å²) in [5, 5.41) is 8.10. The Morgan fingerprint density at radius 3 is 2.82 bits per heavy atom. The van der Waals surface area contributed by atoms with Gasteiger partial charge in [-0.3, -0.25) is 4.79 Å². The van der Waals surface area contributed by atoms with E-state index in [1.165, 1.54) is 16.2 Å². The molecule has 5 heteroatoms. The number of hydrogen-bond acceptors (Lipinski definition) is 5. The Morgan fingerprint density at radius 1 is 1.29 bits per heavy atom. The lowest BCUT2D eigenvalue weighted by molar-refractivity contribution is 0.106. The molecule has 1 aliphatic rings. The molecular formula is C12H10N2OS2. The standard InChI is InChI=1S/C12H10N2OS2/c15-12(10-4-2-6-17-10)11-8(7-13-14-11)9-3-1-5-16-9/h1-6,8,13H,7H2. The Hall–Kier alpha value is -1.46. The molecule has 0 bridgehead atoms. The van der Waals surface area contributed by atoms with Crippen LogP contribution in [0.15, 0.2) is 40.1 Å². The topological polar surface area (TPSA) is 41.5 Å².